The average Bonchev–Trinajstić information content (AvgIpc) is 2.81. The monoisotopic (exact) mass is 427 g/mol. The molecule has 4 rings (SSSR count). The summed E-state index contributed by atoms with van der Waals surface area (Å²) in [6, 6.07) is 31.1. The van der Waals surface area contributed by atoms with Crippen molar-refractivity contribution in [2.75, 3.05) is 13.2 Å². The van der Waals surface area contributed by atoms with Crippen LogP contribution in [0, 0.1) is 0 Å². The third kappa shape index (κ3) is 5.33. The average molecular weight is 428 g/mol. The van der Waals surface area contributed by atoms with E-state index in [0.29, 0.717) is 23.7 Å². The van der Waals surface area contributed by atoms with Gasteiger partial charge in [-0.2, -0.15) is 0 Å². The highest BCUT2D eigenvalue weighted by atomic mass is 35.5. The van der Waals surface area contributed by atoms with E-state index in [1.165, 1.54) is 5.39 Å². The number of carbonyl (C=O) groups is 1. The Morgan fingerprint density at radius 1 is 0.839 bits per heavy atom. The summed E-state index contributed by atoms with van der Waals surface area (Å²) in [6.07, 6.45) is 1.82. The van der Waals surface area contributed by atoms with Crippen LogP contribution in [0.2, 0.25) is 5.02 Å². The van der Waals surface area contributed by atoms with Crippen molar-refractivity contribution in [2.45, 2.75) is 0 Å². The van der Waals surface area contributed by atoms with Gasteiger partial charge in [0.25, 0.3) is 5.91 Å². The fourth-order valence-corrected chi connectivity index (χ4v) is 3.52. The Labute approximate surface area is 186 Å². The van der Waals surface area contributed by atoms with Gasteiger partial charge < -0.3 is 10.1 Å². The molecule has 0 radical (unpaired) electrons. The molecule has 1 N–H and O–H groups in total. The molecule has 4 heteroatoms. The molecule has 0 bridgehead atoms. The molecule has 0 aliphatic rings. The Morgan fingerprint density at radius 2 is 1.55 bits per heavy atom. The zero-order chi connectivity index (χ0) is 21.5. The molecule has 0 atom stereocenters. The second-order valence-corrected chi connectivity index (χ2v) is 7.47. The van der Waals surface area contributed by atoms with Crippen LogP contribution in [0.25, 0.3) is 22.4 Å². The van der Waals surface area contributed by atoms with Crippen molar-refractivity contribution in [3.8, 4) is 5.75 Å². The molecule has 0 fully saturated rings. The van der Waals surface area contributed by atoms with Gasteiger partial charge >= 0.3 is 0 Å². The van der Waals surface area contributed by atoms with Crippen molar-refractivity contribution in [2.24, 2.45) is 0 Å². The Bertz CT molecular complexity index is 1220. The Kier molecular flexibility index (Phi) is 6.65. The van der Waals surface area contributed by atoms with E-state index in [-0.39, 0.29) is 5.91 Å². The first-order valence-electron chi connectivity index (χ1n) is 10.1. The summed E-state index contributed by atoms with van der Waals surface area (Å²) >= 11 is 6.30. The second-order valence-electron chi connectivity index (χ2n) is 7.06. The lowest BCUT2D eigenvalue weighted by molar-refractivity contribution is -0.115. The Balaban J connectivity index is 1.43. The minimum atomic E-state index is -0.173. The third-order valence-electron chi connectivity index (χ3n) is 4.91. The molecule has 31 heavy (non-hydrogen) atoms. The molecule has 3 nitrogen and oxygen atoms in total. The molecule has 1 amide bonds. The van der Waals surface area contributed by atoms with Gasteiger partial charge in [-0.25, -0.2) is 0 Å². The molecule has 0 saturated carbocycles. The number of halogens is 1. The molecule has 0 aliphatic heterocycles. The molecule has 0 unspecified atom stereocenters. The molecule has 0 aliphatic carbocycles. The molecular formula is C27H22ClNO2. The SMILES string of the molecule is O=C(NCCOc1ccc2ccccc2c1)/C(=C/c1ccccc1Cl)c1ccccc1. The van der Waals surface area contributed by atoms with Gasteiger partial charge in [-0.1, -0.05) is 90.5 Å². The summed E-state index contributed by atoms with van der Waals surface area (Å²) in [5.41, 5.74) is 2.18. The molecule has 0 heterocycles. The molecule has 4 aromatic rings. The van der Waals surface area contributed by atoms with Gasteiger partial charge in [0.05, 0.1) is 6.54 Å². The van der Waals surface area contributed by atoms with Gasteiger partial charge in [0.1, 0.15) is 12.4 Å². The maximum Gasteiger partial charge on any atom is 0.252 e. The molecular weight excluding hydrogens is 406 g/mol. The number of nitrogens with one attached hydrogen (secondary N) is 1. The number of amides is 1. The summed E-state index contributed by atoms with van der Waals surface area (Å²) in [4.78, 5) is 13.0. The molecule has 0 spiro atoms. The van der Waals surface area contributed by atoms with Gasteiger partial charge in [-0.15, -0.1) is 0 Å². The van der Waals surface area contributed by atoms with Gasteiger partial charge in [0.2, 0.25) is 0 Å². The lowest BCUT2D eigenvalue weighted by Crippen LogP contribution is -2.28. The van der Waals surface area contributed by atoms with Gasteiger partial charge in [0.15, 0.2) is 0 Å². The zero-order valence-electron chi connectivity index (χ0n) is 16.9. The molecule has 154 valence electrons. The van der Waals surface area contributed by atoms with Crippen LogP contribution >= 0.6 is 11.6 Å². The number of hydrogen-bond acceptors (Lipinski definition) is 2. The van der Waals surface area contributed by atoms with Crippen molar-refractivity contribution >= 4 is 39.9 Å². The lowest BCUT2D eigenvalue weighted by Gasteiger charge is -2.11. The quantitative estimate of drug-likeness (QED) is 0.216. The van der Waals surface area contributed by atoms with E-state index in [0.717, 1.165) is 22.3 Å². The summed E-state index contributed by atoms with van der Waals surface area (Å²) in [5, 5.41) is 5.84. The highest BCUT2D eigenvalue weighted by molar-refractivity contribution is 6.33. The minimum absolute atomic E-state index is 0.173. The first-order chi connectivity index (χ1) is 15.2. The van der Waals surface area contributed by atoms with Crippen molar-refractivity contribution in [3.63, 3.8) is 0 Å². The van der Waals surface area contributed by atoms with Gasteiger partial charge in [0, 0.05) is 10.6 Å². The second kappa shape index (κ2) is 9.96. The van der Waals surface area contributed by atoms with Crippen molar-refractivity contribution in [3.05, 3.63) is 113 Å². The Morgan fingerprint density at radius 3 is 2.35 bits per heavy atom. The predicted molar refractivity (Wildman–Crippen MR) is 128 cm³/mol. The van der Waals surface area contributed by atoms with Crippen LogP contribution in [0.5, 0.6) is 5.75 Å². The van der Waals surface area contributed by atoms with E-state index in [4.69, 9.17) is 16.3 Å². The number of hydrogen-bond donors (Lipinski definition) is 1. The van der Waals surface area contributed by atoms with E-state index < -0.39 is 0 Å². The summed E-state index contributed by atoms with van der Waals surface area (Å²) < 4.78 is 5.83. The van der Waals surface area contributed by atoms with Crippen LogP contribution in [-0.4, -0.2) is 19.1 Å². The Hall–Kier alpha value is -3.56. The van der Waals surface area contributed by atoms with E-state index in [1.54, 1.807) is 0 Å². The highest BCUT2D eigenvalue weighted by Gasteiger charge is 2.12. The first-order valence-corrected chi connectivity index (χ1v) is 10.5. The van der Waals surface area contributed by atoms with Crippen LogP contribution in [0.15, 0.2) is 97.1 Å². The van der Waals surface area contributed by atoms with E-state index in [9.17, 15) is 4.79 Å². The maximum atomic E-state index is 13.0. The van der Waals surface area contributed by atoms with E-state index in [1.807, 2.05) is 91.0 Å². The standard InChI is InChI=1S/C27H22ClNO2/c28-26-13-7-6-12-23(26)19-25(21-9-2-1-3-10-21)27(30)29-16-17-31-24-15-14-20-8-4-5-11-22(20)18-24/h1-15,18-19H,16-17H2,(H,29,30)/b25-19+. The fraction of sp³-hybridized carbons (Fsp3) is 0.0741. The zero-order valence-corrected chi connectivity index (χ0v) is 17.7. The number of benzene rings is 4. The lowest BCUT2D eigenvalue weighted by atomic mass is 10.0. The maximum absolute atomic E-state index is 13.0. The van der Waals surface area contributed by atoms with Crippen LogP contribution < -0.4 is 10.1 Å². The summed E-state index contributed by atoms with van der Waals surface area (Å²) in [5.74, 6) is 0.607. The molecule has 4 aromatic carbocycles. The number of rotatable bonds is 7. The summed E-state index contributed by atoms with van der Waals surface area (Å²) in [7, 11) is 0. The largest absolute Gasteiger partial charge is 0.492 e. The fourth-order valence-electron chi connectivity index (χ4n) is 3.33. The summed E-state index contributed by atoms with van der Waals surface area (Å²) in [6.45, 7) is 0.761. The smallest absolute Gasteiger partial charge is 0.252 e. The van der Waals surface area contributed by atoms with Crippen LogP contribution in [0.3, 0.4) is 0 Å². The van der Waals surface area contributed by atoms with Crippen LogP contribution in [-0.2, 0) is 4.79 Å². The number of carbonyl (C=O) groups excluding carboxylic acids is 1. The predicted octanol–water partition coefficient (Wildman–Crippen LogP) is 6.23. The van der Waals surface area contributed by atoms with Gasteiger partial charge in [-0.05, 0) is 46.2 Å². The van der Waals surface area contributed by atoms with Crippen LogP contribution in [0.4, 0.5) is 0 Å². The first kappa shape index (κ1) is 20.7. The van der Waals surface area contributed by atoms with Crippen molar-refractivity contribution in [1.29, 1.82) is 0 Å². The van der Waals surface area contributed by atoms with Crippen molar-refractivity contribution < 1.29 is 9.53 Å². The number of fused-ring (bicyclic) bond motifs is 1. The number of ether oxygens (including phenoxy) is 1. The van der Waals surface area contributed by atoms with Gasteiger partial charge in [-0.3, -0.25) is 4.79 Å². The van der Waals surface area contributed by atoms with E-state index in [2.05, 4.69) is 17.4 Å². The minimum Gasteiger partial charge on any atom is -0.492 e. The highest BCUT2D eigenvalue weighted by Crippen LogP contribution is 2.23. The van der Waals surface area contributed by atoms with Crippen LogP contribution in [0.1, 0.15) is 11.1 Å². The van der Waals surface area contributed by atoms with Crippen molar-refractivity contribution in [1.82, 2.24) is 5.32 Å². The normalized spacial score (nSPS) is 11.3. The van der Waals surface area contributed by atoms with E-state index >= 15 is 0 Å². The molecule has 0 aromatic heterocycles. The third-order valence-corrected chi connectivity index (χ3v) is 5.26. The topological polar surface area (TPSA) is 38.3 Å². The molecule has 0 saturated heterocycles.